The summed E-state index contributed by atoms with van der Waals surface area (Å²) in [6.07, 6.45) is 8.83. The molecule has 1 aliphatic heterocycles. The first-order valence-corrected chi connectivity index (χ1v) is 10.9. The average molecular weight is 428 g/mol. The van der Waals surface area contributed by atoms with Crippen LogP contribution < -0.4 is 10.2 Å². The third-order valence-corrected chi connectivity index (χ3v) is 5.88. The van der Waals surface area contributed by atoms with Gasteiger partial charge in [0.2, 0.25) is 5.91 Å². The lowest BCUT2D eigenvalue weighted by Crippen LogP contribution is -2.43. The van der Waals surface area contributed by atoms with Crippen molar-refractivity contribution in [3.63, 3.8) is 0 Å². The molecule has 0 spiro atoms. The van der Waals surface area contributed by atoms with E-state index in [9.17, 15) is 4.79 Å². The molecule has 1 N–H and O–H groups in total. The van der Waals surface area contributed by atoms with Gasteiger partial charge in [0.15, 0.2) is 5.65 Å². The first-order chi connectivity index (χ1) is 15.7. The van der Waals surface area contributed by atoms with E-state index in [1.807, 2.05) is 35.1 Å². The number of aryl methyl sites for hydroxylation is 1. The third kappa shape index (κ3) is 4.16. The standard InChI is InChI=1S/C24H25N7O/c1-17-6-8-20(9-7-17)31-15-21-22(29-31)27-16-28-23(21)30-11-3-5-19(14-30)24(32)26-13-18-4-2-10-25-12-18/h2,4,6-10,12,15-16,19H,3,5,11,13-14H2,1H3,(H,26,32). The van der Waals surface area contributed by atoms with Gasteiger partial charge in [0.1, 0.15) is 12.1 Å². The van der Waals surface area contributed by atoms with E-state index in [2.05, 4.69) is 49.3 Å². The minimum atomic E-state index is -0.0856. The van der Waals surface area contributed by atoms with E-state index in [-0.39, 0.29) is 11.8 Å². The van der Waals surface area contributed by atoms with Crippen LogP contribution in [0.3, 0.4) is 0 Å². The number of rotatable bonds is 5. The molecule has 1 aliphatic rings. The second kappa shape index (κ2) is 8.74. The number of nitrogens with one attached hydrogen (secondary N) is 1. The fraction of sp³-hybridized carbons (Fsp3) is 0.292. The highest BCUT2D eigenvalue weighted by molar-refractivity contribution is 5.87. The van der Waals surface area contributed by atoms with Gasteiger partial charge in [-0.05, 0) is 43.5 Å². The first-order valence-electron chi connectivity index (χ1n) is 10.9. The highest BCUT2D eigenvalue weighted by Gasteiger charge is 2.28. The number of carbonyl (C=O) groups is 1. The van der Waals surface area contributed by atoms with Gasteiger partial charge in [-0.25, -0.2) is 14.6 Å². The number of anilines is 1. The van der Waals surface area contributed by atoms with Gasteiger partial charge in [-0.15, -0.1) is 5.10 Å². The van der Waals surface area contributed by atoms with E-state index in [0.717, 1.165) is 41.8 Å². The third-order valence-electron chi connectivity index (χ3n) is 5.88. The zero-order valence-electron chi connectivity index (χ0n) is 18.0. The van der Waals surface area contributed by atoms with Crippen molar-refractivity contribution in [3.8, 4) is 5.69 Å². The maximum atomic E-state index is 12.8. The molecule has 8 heteroatoms. The van der Waals surface area contributed by atoms with Crippen LogP contribution in [0.5, 0.6) is 0 Å². The number of carbonyl (C=O) groups excluding carboxylic acids is 1. The van der Waals surface area contributed by atoms with Crippen LogP contribution in [0.2, 0.25) is 0 Å². The number of benzene rings is 1. The number of aromatic nitrogens is 5. The molecule has 4 heterocycles. The van der Waals surface area contributed by atoms with Gasteiger partial charge in [0.25, 0.3) is 0 Å². The molecule has 32 heavy (non-hydrogen) atoms. The van der Waals surface area contributed by atoms with E-state index < -0.39 is 0 Å². The fourth-order valence-corrected chi connectivity index (χ4v) is 4.13. The van der Waals surface area contributed by atoms with Crippen molar-refractivity contribution in [2.24, 2.45) is 5.92 Å². The van der Waals surface area contributed by atoms with Gasteiger partial charge in [-0.1, -0.05) is 23.8 Å². The molecule has 1 saturated heterocycles. The van der Waals surface area contributed by atoms with Crippen LogP contribution in [0.25, 0.3) is 16.7 Å². The van der Waals surface area contributed by atoms with Crippen LogP contribution >= 0.6 is 0 Å². The predicted molar refractivity (Wildman–Crippen MR) is 122 cm³/mol. The van der Waals surface area contributed by atoms with Crippen LogP contribution in [-0.2, 0) is 11.3 Å². The average Bonchev–Trinajstić information content (AvgIpc) is 3.28. The molecule has 1 atom stereocenters. The second-order valence-corrected chi connectivity index (χ2v) is 8.21. The maximum Gasteiger partial charge on any atom is 0.225 e. The Balaban J connectivity index is 1.34. The second-order valence-electron chi connectivity index (χ2n) is 8.21. The van der Waals surface area contributed by atoms with Crippen molar-refractivity contribution in [1.29, 1.82) is 0 Å². The van der Waals surface area contributed by atoms with Gasteiger partial charge in [-0.2, -0.15) is 0 Å². The number of amides is 1. The van der Waals surface area contributed by atoms with Crippen molar-refractivity contribution in [1.82, 2.24) is 30.0 Å². The summed E-state index contributed by atoms with van der Waals surface area (Å²) >= 11 is 0. The van der Waals surface area contributed by atoms with Crippen molar-refractivity contribution in [3.05, 3.63) is 72.4 Å². The molecule has 0 aliphatic carbocycles. The Morgan fingerprint density at radius 3 is 2.88 bits per heavy atom. The summed E-state index contributed by atoms with van der Waals surface area (Å²) < 4.78 is 1.84. The van der Waals surface area contributed by atoms with Crippen molar-refractivity contribution in [2.75, 3.05) is 18.0 Å². The Morgan fingerprint density at radius 1 is 1.19 bits per heavy atom. The summed E-state index contributed by atoms with van der Waals surface area (Å²) in [6.45, 7) is 4.03. The highest BCUT2D eigenvalue weighted by atomic mass is 16.1. The van der Waals surface area contributed by atoms with Crippen LogP contribution in [0, 0.1) is 12.8 Å². The van der Waals surface area contributed by atoms with Crippen molar-refractivity contribution in [2.45, 2.75) is 26.3 Å². The SMILES string of the molecule is Cc1ccc(-n2cc3c(N4CCCC(C(=O)NCc5cccnc5)C4)ncnc3n2)cc1. The minimum Gasteiger partial charge on any atom is -0.355 e. The fourth-order valence-electron chi connectivity index (χ4n) is 4.13. The molecule has 3 aromatic heterocycles. The van der Waals surface area contributed by atoms with Gasteiger partial charge < -0.3 is 10.2 Å². The summed E-state index contributed by atoms with van der Waals surface area (Å²) in [6, 6.07) is 12.0. The van der Waals surface area contributed by atoms with Crippen LogP contribution in [0.4, 0.5) is 5.82 Å². The number of pyridine rings is 1. The zero-order valence-corrected chi connectivity index (χ0v) is 18.0. The number of hydrogen-bond donors (Lipinski definition) is 1. The van der Waals surface area contributed by atoms with E-state index >= 15 is 0 Å². The molecule has 0 saturated carbocycles. The Morgan fingerprint density at radius 2 is 2.06 bits per heavy atom. The summed E-state index contributed by atoms with van der Waals surface area (Å²) in [5.74, 6) is 0.815. The Labute approximate surface area is 186 Å². The molecule has 4 aromatic rings. The van der Waals surface area contributed by atoms with E-state index in [0.29, 0.717) is 18.7 Å². The normalized spacial score (nSPS) is 16.3. The zero-order chi connectivity index (χ0) is 21.9. The number of nitrogens with zero attached hydrogens (tertiary/aromatic N) is 6. The van der Waals surface area contributed by atoms with E-state index in [4.69, 9.17) is 0 Å². The smallest absolute Gasteiger partial charge is 0.225 e. The lowest BCUT2D eigenvalue weighted by atomic mass is 9.97. The van der Waals surface area contributed by atoms with Crippen molar-refractivity contribution >= 4 is 22.8 Å². The highest BCUT2D eigenvalue weighted by Crippen LogP contribution is 2.28. The summed E-state index contributed by atoms with van der Waals surface area (Å²) in [4.78, 5) is 28.0. The molecular formula is C24H25N7O. The molecule has 0 radical (unpaired) electrons. The predicted octanol–water partition coefficient (Wildman–Crippen LogP) is 3.05. The molecule has 0 bridgehead atoms. The van der Waals surface area contributed by atoms with Crippen molar-refractivity contribution < 1.29 is 4.79 Å². The first kappa shape index (κ1) is 20.1. The molecule has 1 aromatic carbocycles. The van der Waals surface area contributed by atoms with Crippen LogP contribution in [0.1, 0.15) is 24.0 Å². The largest absolute Gasteiger partial charge is 0.355 e. The van der Waals surface area contributed by atoms with E-state index in [1.165, 1.54) is 5.56 Å². The molecule has 162 valence electrons. The Hall–Kier alpha value is -3.81. The topological polar surface area (TPSA) is 88.8 Å². The molecule has 5 rings (SSSR count). The lowest BCUT2D eigenvalue weighted by molar-refractivity contribution is -0.125. The molecule has 1 unspecified atom stereocenters. The van der Waals surface area contributed by atoms with Gasteiger partial charge >= 0.3 is 0 Å². The van der Waals surface area contributed by atoms with E-state index in [1.54, 1.807) is 18.7 Å². The number of piperidine rings is 1. The Kier molecular flexibility index (Phi) is 5.49. The molecular weight excluding hydrogens is 402 g/mol. The quantitative estimate of drug-likeness (QED) is 0.527. The van der Waals surface area contributed by atoms with Gasteiger partial charge in [0.05, 0.1) is 17.0 Å². The minimum absolute atomic E-state index is 0.0687. The van der Waals surface area contributed by atoms with Gasteiger partial charge in [-0.3, -0.25) is 9.78 Å². The monoisotopic (exact) mass is 427 g/mol. The van der Waals surface area contributed by atoms with Crippen LogP contribution in [-0.4, -0.2) is 43.7 Å². The Bertz CT molecular complexity index is 1220. The summed E-state index contributed by atoms with van der Waals surface area (Å²) in [5, 5.41) is 8.59. The number of hydrogen-bond acceptors (Lipinski definition) is 6. The summed E-state index contributed by atoms with van der Waals surface area (Å²) in [5.41, 5.74) is 3.83. The molecule has 1 fully saturated rings. The number of fused-ring (bicyclic) bond motifs is 1. The van der Waals surface area contributed by atoms with Crippen LogP contribution in [0.15, 0.2) is 61.3 Å². The molecule has 1 amide bonds. The summed E-state index contributed by atoms with van der Waals surface area (Å²) in [7, 11) is 0. The maximum absolute atomic E-state index is 12.8. The lowest BCUT2D eigenvalue weighted by Gasteiger charge is -2.33. The van der Waals surface area contributed by atoms with Gasteiger partial charge in [0, 0.05) is 38.2 Å². The molecule has 8 nitrogen and oxygen atoms in total.